The van der Waals surface area contributed by atoms with Gasteiger partial charge in [-0.15, -0.1) is 0 Å². The maximum Gasteiger partial charge on any atom is 0.336 e. The van der Waals surface area contributed by atoms with E-state index in [1.807, 2.05) is 0 Å². The van der Waals surface area contributed by atoms with Crippen molar-refractivity contribution >= 4 is 79.8 Å². The van der Waals surface area contributed by atoms with Crippen LogP contribution < -0.4 is 10.6 Å². The molecule has 0 fully saturated rings. The van der Waals surface area contributed by atoms with Crippen LogP contribution in [0.3, 0.4) is 0 Å². The van der Waals surface area contributed by atoms with E-state index in [1.54, 1.807) is 30.3 Å². The molecular formula is C19H14N4NaO9S. The van der Waals surface area contributed by atoms with Gasteiger partial charge in [0, 0.05) is 53.1 Å². The number of nitrogens with zero attached hydrogens (tertiary/aromatic N) is 2. The van der Waals surface area contributed by atoms with Gasteiger partial charge in [-0.05, 0) is 30.3 Å². The van der Waals surface area contributed by atoms with Gasteiger partial charge in [-0.2, -0.15) is 8.42 Å². The minimum absolute atomic E-state index is 0. The topological polar surface area (TPSA) is 202 Å². The number of carboxylic acids is 1. The molecule has 3 rings (SSSR count). The van der Waals surface area contributed by atoms with Crippen LogP contribution in [0.1, 0.15) is 10.4 Å². The molecule has 171 valence electrons. The van der Waals surface area contributed by atoms with E-state index in [1.165, 1.54) is 12.1 Å². The molecule has 34 heavy (non-hydrogen) atoms. The van der Waals surface area contributed by atoms with E-state index in [9.17, 15) is 38.0 Å². The zero-order valence-electron chi connectivity index (χ0n) is 17.3. The van der Waals surface area contributed by atoms with Gasteiger partial charge in [0.2, 0.25) is 0 Å². The van der Waals surface area contributed by atoms with Crippen molar-refractivity contribution in [2.45, 2.75) is 4.90 Å². The number of nitro benzene ring substituents is 2. The van der Waals surface area contributed by atoms with E-state index in [2.05, 4.69) is 10.6 Å². The smallest absolute Gasteiger partial charge is 0.336 e. The molecule has 0 saturated carbocycles. The summed E-state index contributed by atoms with van der Waals surface area (Å²) in [7, 11) is -4.79. The maximum atomic E-state index is 11.9. The summed E-state index contributed by atoms with van der Waals surface area (Å²) in [6.07, 6.45) is 0. The van der Waals surface area contributed by atoms with E-state index in [4.69, 9.17) is 5.11 Å². The number of hydrogen-bond donors (Lipinski definition) is 4. The van der Waals surface area contributed by atoms with Gasteiger partial charge in [0.25, 0.3) is 10.1 Å². The molecule has 13 nitrogen and oxygen atoms in total. The summed E-state index contributed by atoms with van der Waals surface area (Å²) in [6.45, 7) is 0. The normalized spacial score (nSPS) is 10.6. The monoisotopic (exact) mass is 497 g/mol. The van der Waals surface area contributed by atoms with E-state index in [0.29, 0.717) is 17.8 Å². The van der Waals surface area contributed by atoms with Crippen LogP contribution in [-0.4, -0.2) is 63.5 Å². The van der Waals surface area contributed by atoms with Gasteiger partial charge in [-0.1, -0.05) is 18.2 Å². The first kappa shape index (κ1) is 26.7. The van der Waals surface area contributed by atoms with Gasteiger partial charge in [0.1, 0.15) is 4.90 Å². The molecule has 0 amide bonds. The molecule has 3 aromatic rings. The fourth-order valence-electron chi connectivity index (χ4n) is 2.89. The average Bonchev–Trinajstić information content (AvgIpc) is 2.74. The Morgan fingerprint density at radius 2 is 1.41 bits per heavy atom. The van der Waals surface area contributed by atoms with Crippen molar-refractivity contribution in [3.8, 4) is 0 Å². The molecule has 0 aliphatic heterocycles. The van der Waals surface area contributed by atoms with Crippen LogP contribution >= 0.6 is 0 Å². The fraction of sp³-hybridized carbons (Fsp3) is 0. The number of nitrogens with one attached hydrogen (secondary N) is 2. The molecule has 0 heterocycles. The molecule has 0 spiro atoms. The number of carbonyl (C=O) groups is 1. The number of nitro groups is 2. The van der Waals surface area contributed by atoms with E-state index >= 15 is 0 Å². The minimum atomic E-state index is -4.79. The Bertz CT molecular complexity index is 1350. The van der Waals surface area contributed by atoms with Crippen molar-refractivity contribution < 1.29 is 32.7 Å². The second-order valence-electron chi connectivity index (χ2n) is 6.51. The molecule has 0 atom stereocenters. The number of carboxylic acid groups (broad SMARTS) is 1. The third kappa shape index (κ3) is 6.06. The Hall–Kier alpha value is -3.56. The number of hydrogen-bond acceptors (Lipinski definition) is 9. The molecule has 4 N–H and O–H groups in total. The predicted octanol–water partition coefficient (Wildman–Crippen LogP) is 3.55. The molecule has 0 aliphatic rings. The molecule has 15 heteroatoms. The molecule has 0 aliphatic carbocycles. The van der Waals surface area contributed by atoms with Crippen molar-refractivity contribution in [2.75, 3.05) is 10.6 Å². The summed E-state index contributed by atoms with van der Waals surface area (Å²) >= 11 is 0. The number of anilines is 4. The Balaban J connectivity index is 0.00000408. The number of aromatic carboxylic acids is 1. The van der Waals surface area contributed by atoms with Gasteiger partial charge in [-0.3, -0.25) is 24.8 Å². The number of para-hydroxylation sites is 1. The van der Waals surface area contributed by atoms with Crippen LogP contribution in [0.25, 0.3) is 0 Å². The summed E-state index contributed by atoms with van der Waals surface area (Å²) < 4.78 is 33.5. The molecule has 0 unspecified atom stereocenters. The van der Waals surface area contributed by atoms with Crippen molar-refractivity contribution in [1.29, 1.82) is 0 Å². The standard InChI is InChI=1S/C19H14N4O9S.Na/c24-19(25)11-8-15(22(26)27)18(16(9-11)23(28)29)21-13-6-7-14(17(10-13)33(30,31)32)20-12-4-2-1-3-5-12;/h1-10,20-21H,(H,24,25)(H,30,31,32);. The first-order valence-corrected chi connectivity index (χ1v) is 10.3. The van der Waals surface area contributed by atoms with E-state index < -0.39 is 53.5 Å². The largest absolute Gasteiger partial charge is 0.478 e. The van der Waals surface area contributed by atoms with Gasteiger partial charge in [0.15, 0.2) is 5.69 Å². The van der Waals surface area contributed by atoms with Crippen LogP contribution in [0, 0.1) is 20.2 Å². The van der Waals surface area contributed by atoms with Crippen molar-refractivity contribution in [1.82, 2.24) is 0 Å². The van der Waals surface area contributed by atoms with Gasteiger partial charge in [0.05, 0.1) is 21.1 Å². The first-order chi connectivity index (χ1) is 15.5. The minimum Gasteiger partial charge on any atom is -0.478 e. The zero-order chi connectivity index (χ0) is 24.3. The third-order valence-corrected chi connectivity index (χ3v) is 5.21. The van der Waals surface area contributed by atoms with Crippen LogP contribution in [0.5, 0.6) is 0 Å². The zero-order valence-corrected chi connectivity index (χ0v) is 20.1. The van der Waals surface area contributed by atoms with Crippen molar-refractivity contribution in [3.05, 3.63) is 86.5 Å². The summed E-state index contributed by atoms with van der Waals surface area (Å²) in [4.78, 5) is 31.5. The van der Waals surface area contributed by atoms with Crippen LogP contribution in [0.2, 0.25) is 0 Å². The second kappa shape index (κ2) is 10.6. The fourth-order valence-corrected chi connectivity index (χ4v) is 3.56. The third-order valence-electron chi connectivity index (χ3n) is 4.32. The molecule has 3 aromatic carbocycles. The second-order valence-corrected chi connectivity index (χ2v) is 7.90. The average molecular weight is 497 g/mol. The van der Waals surface area contributed by atoms with Gasteiger partial charge < -0.3 is 15.7 Å². The Morgan fingerprint density at radius 3 is 1.88 bits per heavy atom. The first-order valence-electron chi connectivity index (χ1n) is 8.88. The molecule has 0 aromatic heterocycles. The summed E-state index contributed by atoms with van der Waals surface area (Å²) in [5, 5.41) is 37.2. The molecule has 0 saturated heterocycles. The van der Waals surface area contributed by atoms with Crippen LogP contribution in [0.15, 0.2) is 65.6 Å². The van der Waals surface area contributed by atoms with E-state index in [0.717, 1.165) is 6.07 Å². The van der Waals surface area contributed by atoms with Gasteiger partial charge in [-0.25, -0.2) is 4.79 Å². The van der Waals surface area contributed by atoms with Gasteiger partial charge >= 0.3 is 17.3 Å². The summed E-state index contributed by atoms with van der Waals surface area (Å²) in [5.41, 5.74) is -2.86. The SMILES string of the molecule is O=C(O)c1cc([N+](=O)[O-])c(Nc2ccc(Nc3ccccc3)c(S(=O)(=O)O)c2)c([N+](=O)[O-])c1.[Na]. The van der Waals surface area contributed by atoms with E-state index in [-0.39, 0.29) is 40.9 Å². The molecule has 0 bridgehead atoms. The summed E-state index contributed by atoms with van der Waals surface area (Å²) in [5.74, 6) is -1.61. The van der Waals surface area contributed by atoms with Crippen LogP contribution in [-0.2, 0) is 10.1 Å². The van der Waals surface area contributed by atoms with Crippen LogP contribution in [0.4, 0.5) is 34.1 Å². The van der Waals surface area contributed by atoms with Crippen molar-refractivity contribution in [2.24, 2.45) is 0 Å². The van der Waals surface area contributed by atoms with Crippen molar-refractivity contribution in [3.63, 3.8) is 0 Å². The quantitative estimate of drug-likeness (QED) is 0.153. The molecular weight excluding hydrogens is 483 g/mol. The number of benzene rings is 3. The molecule has 1 radical (unpaired) electrons. The Kier molecular flexibility index (Phi) is 8.31. The predicted molar refractivity (Wildman–Crippen MR) is 122 cm³/mol. The maximum absolute atomic E-state index is 11.9. The summed E-state index contributed by atoms with van der Waals surface area (Å²) in [6, 6.07) is 13.1. The number of rotatable bonds is 8. The Morgan fingerprint density at radius 1 is 0.853 bits per heavy atom. The Labute approximate surface area is 213 Å².